The second-order valence-electron chi connectivity index (χ2n) is 4.55. The highest BCUT2D eigenvalue weighted by Crippen LogP contribution is 2.25. The maximum absolute atomic E-state index is 7.35. The summed E-state index contributed by atoms with van der Waals surface area (Å²) in [6.07, 6.45) is 0. The first-order chi connectivity index (χ1) is 9.72. The van der Waals surface area contributed by atoms with Gasteiger partial charge in [0.2, 0.25) is 0 Å². The first kappa shape index (κ1) is 12.2. The smallest absolute Gasteiger partial charge is 0.128 e. The largest absolute Gasteiger partial charge is 0.457 e. The average Bonchev–Trinajstić information content (AvgIpc) is 2.48. The van der Waals surface area contributed by atoms with E-state index in [4.69, 9.17) is 15.9 Å². The van der Waals surface area contributed by atoms with Crippen LogP contribution in [-0.2, 0) is 0 Å². The summed E-state index contributed by atoms with van der Waals surface area (Å²) in [4.78, 5) is 0. The van der Waals surface area contributed by atoms with E-state index in [1.165, 1.54) is 5.39 Å². The van der Waals surface area contributed by atoms with Crippen molar-refractivity contribution in [3.8, 4) is 11.5 Å². The molecule has 0 spiro atoms. The van der Waals surface area contributed by atoms with E-state index in [9.17, 15) is 0 Å². The molecule has 0 saturated carbocycles. The van der Waals surface area contributed by atoms with Gasteiger partial charge in [-0.15, -0.1) is 0 Å². The normalized spacial score (nSPS) is 10.4. The van der Waals surface area contributed by atoms with Crippen LogP contribution >= 0.6 is 0 Å². The minimum Gasteiger partial charge on any atom is -0.457 e. The molecule has 0 atom stereocenters. The van der Waals surface area contributed by atoms with Crippen LogP contribution in [0, 0.1) is 5.41 Å². The van der Waals surface area contributed by atoms with Crippen molar-refractivity contribution >= 4 is 16.6 Å². The van der Waals surface area contributed by atoms with Gasteiger partial charge in [-0.05, 0) is 47.2 Å². The van der Waals surface area contributed by atoms with E-state index in [0.29, 0.717) is 5.56 Å². The Hall–Kier alpha value is -2.81. The Morgan fingerprint density at radius 2 is 1.45 bits per heavy atom. The topological polar surface area (TPSA) is 59.1 Å². The van der Waals surface area contributed by atoms with Gasteiger partial charge in [0, 0.05) is 5.56 Å². The molecule has 0 unspecified atom stereocenters. The fourth-order valence-corrected chi connectivity index (χ4v) is 2.07. The summed E-state index contributed by atoms with van der Waals surface area (Å²) in [5.41, 5.74) is 6.11. The first-order valence-corrected chi connectivity index (χ1v) is 6.33. The number of benzene rings is 3. The average molecular weight is 262 g/mol. The highest BCUT2D eigenvalue weighted by molar-refractivity contribution is 5.95. The van der Waals surface area contributed by atoms with Gasteiger partial charge in [0.05, 0.1) is 0 Å². The Labute approximate surface area is 117 Å². The Morgan fingerprint density at radius 3 is 2.15 bits per heavy atom. The summed E-state index contributed by atoms with van der Waals surface area (Å²) >= 11 is 0. The fraction of sp³-hybridized carbons (Fsp3) is 0. The number of fused-ring (bicyclic) bond motifs is 1. The minimum atomic E-state index is 0.0576. The van der Waals surface area contributed by atoms with Crippen LogP contribution in [0.1, 0.15) is 5.56 Å². The van der Waals surface area contributed by atoms with Crippen LogP contribution in [-0.4, -0.2) is 5.84 Å². The molecular weight excluding hydrogens is 248 g/mol. The van der Waals surface area contributed by atoms with Crippen molar-refractivity contribution in [3.05, 3.63) is 72.3 Å². The molecule has 0 aromatic heterocycles. The monoisotopic (exact) mass is 262 g/mol. The van der Waals surface area contributed by atoms with Crippen molar-refractivity contribution in [1.82, 2.24) is 0 Å². The van der Waals surface area contributed by atoms with Gasteiger partial charge in [-0.25, -0.2) is 0 Å². The molecule has 3 aromatic carbocycles. The lowest BCUT2D eigenvalue weighted by Gasteiger charge is -2.07. The quantitative estimate of drug-likeness (QED) is 0.555. The molecule has 0 aliphatic rings. The number of hydrogen-bond donors (Lipinski definition) is 2. The highest BCUT2D eigenvalue weighted by atomic mass is 16.5. The van der Waals surface area contributed by atoms with E-state index in [1.807, 2.05) is 42.5 Å². The third-order valence-corrected chi connectivity index (χ3v) is 3.12. The molecule has 0 bridgehead atoms. The lowest BCUT2D eigenvalue weighted by atomic mass is 10.1. The number of nitrogens with one attached hydrogen (secondary N) is 1. The molecule has 3 rings (SSSR count). The van der Waals surface area contributed by atoms with Gasteiger partial charge in [0.15, 0.2) is 0 Å². The summed E-state index contributed by atoms with van der Waals surface area (Å²) in [5.74, 6) is 1.58. The third-order valence-electron chi connectivity index (χ3n) is 3.12. The molecule has 98 valence electrons. The van der Waals surface area contributed by atoms with E-state index in [2.05, 4.69) is 12.1 Å². The van der Waals surface area contributed by atoms with Gasteiger partial charge in [-0.2, -0.15) is 0 Å². The van der Waals surface area contributed by atoms with Crippen molar-refractivity contribution in [2.24, 2.45) is 5.73 Å². The van der Waals surface area contributed by atoms with E-state index >= 15 is 0 Å². The van der Waals surface area contributed by atoms with Gasteiger partial charge in [-0.3, -0.25) is 5.41 Å². The van der Waals surface area contributed by atoms with Gasteiger partial charge in [0.1, 0.15) is 17.3 Å². The number of rotatable bonds is 3. The first-order valence-electron chi connectivity index (χ1n) is 6.33. The number of nitrogen functional groups attached to an aromatic ring is 1. The van der Waals surface area contributed by atoms with E-state index in [-0.39, 0.29) is 5.84 Å². The van der Waals surface area contributed by atoms with Crippen LogP contribution < -0.4 is 10.5 Å². The minimum absolute atomic E-state index is 0.0576. The van der Waals surface area contributed by atoms with Crippen molar-refractivity contribution in [2.75, 3.05) is 0 Å². The Balaban J connectivity index is 1.87. The second kappa shape index (κ2) is 5.05. The van der Waals surface area contributed by atoms with Gasteiger partial charge in [0.25, 0.3) is 0 Å². The van der Waals surface area contributed by atoms with Crippen molar-refractivity contribution in [2.45, 2.75) is 0 Å². The summed E-state index contributed by atoms with van der Waals surface area (Å²) in [6, 6.07) is 21.3. The summed E-state index contributed by atoms with van der Waals surface area (Å²) < 4.78 is 5.81. The summed E-state index contributed by atoms with van der Waals surface area (Å²) in [5, 5.41) is 9.68. The molecule has 20 heavy (non-hydrogen) atoms. The molecule has 0 aliphatic carbocycles. The third kappa shape index (κ3) is 2.47. The molecule has 3 N–H and O–H groups in total. The SMILES string of the molecule is N=C(N)c1ccc(Oc2ccc3ccccc3c2)cc1. The molecular formula is C17H14N2O. The molecule has 3 aromatic rings. The molecule has 0 amide bonds. The standard InChI is InChI=1S/C17H14N2O/c18-17(19)13-6-8-15(9-7-13)20-16-10-5-12-3-1-2-4-14(12)11-16/h1-11H,(H3,18,19). The number of nitrogens with two attached hydrogens (primary N) is 1. The molecule has 0 heterocycles. The number of ether oxygens (including phenoxy) is 1. The van der Waals surface area contributed by atoms with Crippen LogP contribution in [0.2, 0.25) is 0 Å². The predicted octanol–water partition coefficient (Wildman–Crippen LogP) is 3.92. The van der Waals surface area contributed by atoms with Crippen molar-refractivity contribution in [1.29, 1.82) is 5.41 Å². The molecule has 0 fully saturated rings. The maximum Gasteiger partial charge on any atom is 0.128 e. The predicted molar refractivity (Wildman–Crippen MR) is 81.5 cm³/mol. The fourth-order valence-electron chi connectivity index (χ4n) is 2.07. The zero-order valence-electron chi connectivity index (χ0n) is 10.8. The van der Waals surface area contributed by atoms with Crippen molar-refractivity contribution in [3.63, 3.8) is 0 Å². The maximum atomic E-state index is 7.35. The number of amidine groups is 1. The molecule has 3 heteroatoms. The Morgan fingerprint density at radius 1 is 0.800 bits per heavy atom. The van der Waals surface area contributed by atoms with Crippen LogP contribution in [0.4, 0.5) is 0 Å². The van der Waals surface area contributed by atoms with Gasteiger partial charge in [-0.1, -0.05) is 30.3 Å². The molecule has 0 radical (unpaired) electrons. The van der Waals surface area contributed by atoms with Crippen LogP contribution in [0.5, 0.6) is 11.5 Å². The van der Waals surface area contributed by atoms with Crippen LogP contribution in [0.25, 0.3) is 10.8 Å². The molecule has 0 aliphatic heterocycles. The Kier molecular flexibility index (Phi) is 3.09. The lowest BCUT2D eigenvalue weighted by Crippen LogP contribution is -2.10. The van der Waals surface area contributed by atoms with E-state index in [1.54, 1.807) is 12.1 Å². The molecule has 0 saturated heterocycles. The molecule has 3 nitrogen and oxygen atoms in total. The van der Waals surface area contributed by atoms with Gasteiger partial charge < -0.3 is 10.5 Å². The second-order valence-corrected chi connectivity index (χ2v) is 4.55. The van der Waals surface area contributed by atoms with Gasteiger partial charge >= 0.3 is 0 Å². The summed E-state index contributed by atoms with van der Waals surface area (Å²) in [7, 11) is 0. The highest BCUT2D eigenvalue weighted by Gasteiger charge is 2.01. The Bertz CT molecular complexity index is 763. The number of hydrogen-bond acceptors (Lipinski definition) is 2. The van der Waals surface area contributed by atoms with Crippen LogP contribution in [0.15, 0.2) is 66.7 Å². The van der Waals surface area contributed by atoms with Crippen LogP contribution in [0.3, 0.4) is 0 Å². The zero-order chi connectivity index (χ0) is 13.9. The van der Waals surface area contributed by atoms with Crippen molar-refractivity contribution < 1.29 is 4.74 Å². The van der Waals surface area contributed by atoms with E-state index in [0.717, 1.165) is 16.9 Å². The lowest BCUT2D eigenvalue weighted by molar-refractivity contribution is 0.483. The van der Waals surface area contributed by atoms with E-state index < -0.39 is 0 Å². The summed E-state index contributed by atoms with van der Waals surface area (Å²) in [6.45, 7) is 0. The zero-order valence-corrected chi connectivity index (χ0v) is 10.8.